The number of hydrogen-bond acceptors (Lipinski definition) is 3. The van der Waals surface area contributed by atoms with Crippen molar-refractivity contribution in [1.82, 2.24) is 0 Å². The minimum absolute atomic E-state index is 0.0306. The molecule has 1 aromatic rings. The highest BCUT2D eigenvalue weighted by molar-refractivity contribution is 9.10. The van der Waals surface area contributed by atoms with Crippen LogP contribution < -0.4 is 10.5 Å². The molecule has 0 heterocycles. The Morgan fingerprint density at radius 1 is 1.50 bits per heavy atom. The number of methoxy groups -OCH3 is 1. The van der Waals surface area contributed by atoms with Crippen LogP contribution in [0, 0.1) is 5.92 Å². The van der Waals surface area contributed by atoms with Crippen molar-refractivity contribution in [3.63, 3.8) is 0 Å². The van der Waals surface area contributed by atoms with Gasteiger partial charge in [0.25, 0.3) is 0 Å². The van der Waals surface area contributed by atoms with Crippen LogP contribution in [-0.2, 0) is 11.2 Å². The van der Waals surface area contributed by atoms with Gasteiger partial charge in [0.1, 0.15) is 11.5 Å². The Morgan fingerprint density at radius 2 is 2.28 bits per heavy atom. The molecule has 18 heavy (non-hydrogen) atoms. The zero-order valence-electron chi connectivity index (χ0n) is 10.5. The highest BCUT2D eigenvalue weighted by Crippen LogP contribution is 2.28. The number of nitrogens with two attached hydrogens (primary N) is 1. The van der Waals surface area contributed by atoms with Gasteiger partial charge in [-0.3, -0.25) is 4.79 Å². The summed E-state index contributed by atoms with van der Waals surface area (Å²) < 4.78 is 6.13. The molecule has 2 atom stereocenters. The zero-order chi connectivity index (χ0) is 13.1. The van der Waals surface area contributed by atoms with Crippen molar-refractivity contribution in [3.8, 4) is 5.75 Å². The van der Waals surface area contributed by atoms with E-state index >= 15 is 0 Å². The number of carbonyl (C=O) groups excluding carboxylic acids is 1. The Morgan fingerprint density at radius 3 is 2.89 bits per heavy atom. The molecule has 1 aromatic carbocycles. The average Bonchev–Trinajstić information content (AvgIpc) is 2.78. The van der Waals surface area contributed by atoms with Gasteiger partial charge in [0, 0.05) is 22.9 Å². The van der Waals surface area contributed by atoms with Crippen molar-refractivity contribution in [1.29, 1.82) is 0 Å². The predicted molar refractivity (Wildman–Crippen MR) is 74.7 cm³/mol. The van der Waals surface area contributed by atoms with E-state index in [1.54, 1.807) is 7.11 Å². The van der Waals surface area contributed by atoms with Gasteiger partial charge in [0.2, 0.25) is 0 Å². The minimum atomic E-state index is 0.0306. The molecule has 2 unspecified atom stereocenters. The maximum absolute atomic E-state index is 12.2. The molecular weight excluding hydrogens is 294 g/mol. The third-order valence-electron chi connectivity index (χ3n) is 3.60. The maximum Gasteiger partial charge on any atom is 0.141 e. The first-order chi connectivity index (χ1) is 8.61. The molecule has 0 amide bonds. The Balaban J connectivity index is 2.11. The molecule has 0 saturated heterocycles. The van der Waals surface area contributed by atoms with E-state index in [0.717, 1.165) is 35.0 Å². The van der Waals surface area contributed by atoms with Crippen LogP contribution in [0.25, 0.3) is 0 Å². The van der Waals surface area contributed by atoms with E-state index in [-0.39, 0.29) is 17.7 Å². The van der Waals surface area contributed by atoms with Crippen LogP contribution in [0.3, 0.4) is 0 Å². The number of benzene rings is 1. The smallest absolute Gasteiger partial charge is 0.141 e. The lowest BCUT2D eigenvalue weighted by Gasteiger charge is -2.14. The number of ketones is 1. The van der Waals surface area contributed by atoms with Crippen LogP contribution in [0.2, 0.25) is 0 Å². The van der Waals surface area contributed by atoms with Gasteiger partial charge in [-0.05, 0) is 36.6 Å². The monoisotopic (exact) mass is 311 g/mol. The van der Waals surface area contributed by atoms with Crippen molar-refractivity contribution in [3.05, 3.63) is 28.2 Å². The van der Waals surface area contributed by atoms with Gasteiger partial charge in [-0.1, -0.05) is 22.4 Å². The first-order valence-corrected chi connectivity index (χ1v) is 7.02. The first kappa shape index (κ1) is 13.6. The van der Waals surface area contributed by atoms with E-state index in [9.17, 15) is 4.79 Å². The zero-order valence-corrected chi connectivity index (χ0v) is 12.1. The van der Waals surface area contributed by atoms with Gasteiger partial charge in [-0.2, -0.15) is 0 Å². The Kier molecular flexibility index (Phi) is 4.40. The summed E-state index contributed by atoms with van der Waals surface area (Å²) in [5, 5.41) is 0. The second-order valence-electron chi connectivity index (χ2n) is 4.80. The van der Waals surface area contributed by atoms with Crippen LogP contribution in [0.4, 0.5) is 0 Å². The van der Waals surface area contributed by atoms with E-state index in [0.29, 0.717) is 6.42 Å². The van der Waals surface area contributed by atoms with Crippen molar-refractivity contribution in [2.45, 2.75) is 31.7 Å². The summed E-state index contributed by atoms with van der Waals surface area (Å²) in [5.74, 6) is 1.05. The molecule has 4 heteroatoms. The Hall–Kier alpha value is -0.870. The molecule has 2 rings (SSSR count). The van der Waals surface area contributed by atoms with E-state index in [4.69, 9.17) is 10.5 Å². The standard InChI is InChI=1S/C14H18BrNO2/c1-18-10-5-6-12(15)9(7-10)8-14(17)11-3-2-4-13(11)16/h5-7,11,13H,2-4,8,16H2,1H3. The third-order valence-corrected chi connectivity index (χ3v) is 4.37. The fourth-order valence-electron chi connectivity index (χ4n) is 2.52. The number of rotatable bonds is 4. The summed E-state index contributed by atoms with van der Waals surface area (Å²) in [5.41, 5.74) is 6.94. The fourth-order valence-corrected chi connectivity index (χ4v) is 2.91. The number of carbonyl (C=O) groups is 1. The predicted octanol–water partition coefficient (Wildman–Crippen LogP) is 2.70. The molecule has 98 valence electrons. The molecule has 1 saturated carbocycles. The van der Waals surface area contributed by atoms with Crippen LogP contribution in [-0.4, -0.2) is 18.9 Å². The Bertz CT molecular complexity index is 447. The van der Waals surface area contributed by atoms with Gasteiger partial charge < -0.3 is 10.5 Å². The van der Waals surface area contributed by atoms with Gasteiger partial charge in [0.15, 0.2) is 0 Å². The second kappa shape index (κ2) is 5.85. The van der Waals surface area contributed by atoms with Crippen LogP contribution in [0.5, 0.6) is 5.75 Å². The molecule has 0 bridgehead atoms. The minimum Gasteiger partial charge on any atom is -0.497 e. The third kappa shape index (κ3) is 2.93. The van der Waals surface area contributed by atoms with Gasteiger partial charge in [-0.15, -0.1) is 0 Å². The molecule has 0 radical (unpaired) electrons. The topological polar surface area (TPSA) is 52.3 Å². The highest BCUT2D eigenvalue weighted by Gasteiger charge is 2.30. The molecule has 0 aromatic heterocycles. The van der Waals surface area contributed by atoms with Gasteiger partial charge in [0.05, 0.1) is 7.11 Å². The average molecular weight is 312 g/mol. The summed E-state index contributed by atoms with van der Waals surface area (Å²) in [4.78, 5) is 12.2. The van der Waals surface area contributed by atoms with E-state index in [1.807, 2.05) is 18.2 Å². The molecule has 1 fully saturated rings. The van der Waals surface area contributed by atoms with Crippen molar-refractivity contribution in [2.75, 3.05) is 7.11 Å². The SMILES string of the molecule is COc1ccc(Br)c(CC(=O)C2CCCC2N)c1. The van der Waals surface area contributed by atoms with Crippen molar-refractivity contribution in [2.24, 2.45) is 11.7 Å². The number of Topliss-reactive ketones (excluding diaryl/α,β-unsaturated/α-hetero) is 1. The van der Waals surface area contributed by atoms with E-state index in [1.165, 1.54) is 0 Å². The second-order valence-corrected chi connectivity index (χ2v) is 5.66. The normalized spacial score (nSPS) is 23.1. The van der Waals surface area contributed by atoms with Crippen molar-refractivity contribution >= 4 is 21.7 Å². The summed E-state index contributed by atoms with van der Waals surface area (Å²) in [6.45, 7) is 0. The fraction of sp³-hybridized carbons (Fsp3) is 0.500. The summed E-state index contributed by atoms with van der Waals surface area (Å²) in [6, 6.07) is 5.74. The lowest BCUT2D eigenvalue weighted by molar-refractivity contribution is -0.122. The molecular formula is C14H18BrNO2. The number of hydrogen-bond donors (Lipinski definition) is 1. The first-order valence-electron chi connectivity index (χ1n) is 6.22. The largest absolute Gasteiger partial charge is 0.497 e. The summed E-state index contributed by atoms with van der Waals surface area (Å²) in [7, 11) is 1.63. The van der Waals surface area contributed by atoms with Crippen LogP contribution in [0.15, 0.2) is 22.7 Å². The molecule has 0 aliphatic heterocycles. The lowest BCUT2D eigenvalue weighted by Crippen LogP contribution is -2.31. The molecule has 3 nitrogen and oxygen atoms in total. The van der Waals surface area contributed by atoms with Crippen LogP contribution in [0.1, 0.15) is 24.8 Å². The van der Waals surface area contributed by atoms with Crippen LogP contribution >= 0.6 is 15.9 Å². The van der Waals surface area contributed by atoms with E-state index < -0.39 is 0 Å². The number of halogens is 1. The number of ether oxygens (including phenoxy) is 1. The molecule has 1 aliphatic rings. The highest BCUT2D eigenvalue weighted by atomic mass is 79.9. The lowest BCUT2D eigenvalue weighted by atomic mass is 9.94. The van der Waals surface area contributed by atoms with Gasteiger partial charge in [-0.25, -0.2) is 0 Å². The quantitative estimate of drug-likeness (QED) is 0.930. The summed E-state index contributed by atoms with van der Waals surface area (Å²) >= 11 is 3.47. The molecule has 2 N–H and O–H groups in total. The van der Waals surface area contributed by atoms with Gasteiger partial charge >= 0.3 is 0 Å². The van der Waals surface area contributed by atoms with Crippen molar-refractivity contribution < 1.29 is 9.53 Å². The maximum atomic E-state index is 12.2. The molecule has 0 spiro atoms. The van der Waals surface area contributed by atoms with E-state index in [2.05, 4.69) is 15.9 Å². The summed E-state index contributed by atoms with van der Waals surface area (Å²) in [6.07, 6.45) is 3.39. The Labute approximate surface area is 116 Å². The molecule has 1 aliphatic carbocycles.